The van der Waals surface area contributed by atoms with E-state index in [0.717, 1.165) is 24.7 Å². The maximum absolute atomic E-state index is 6.06. The van der Waals surface area contributed by atoms with E-state index < -0.39 is 0 Å². The molecule has 1 aromatic heterocycles. The van der Waals surface area contributed by atoms with Gasteiger partial charge in [-0.2, -0.15) is 0 Å². The summed E-state index contributed by atoms with van der Waals surface area (Å²) < 4.78 is 1.33. The van der Waals surface area contributed by atoms with Crippen LogP contribution in [0.4, 0.5) is 0 Å². The number of benzene rings is 1. The van der Waals surface area contributed by atoms with Gasteiger partial charge in [0.05, 0.1) is 6.04 Å². The van der Waals surface area contributed by atoms with Gasteiger partial charge in [0.2, 0.25) is 0 Å². The van der Waals surface area contributed by atoms with Crippen LogP contribution in [0.3, 0.4) is 0 Å². The highest BCUT2D eigenvalue weighted by molar-refractivity contribution is 7.19. The van der Waals surface area contributed by atoms with E-state index in [-0.39, 0.29) is 0 Å². The summed E-state index contributed by atoms with van der Waals surface area (Å²) in [6.45, 7) is 5.31. The molecule has 3 rings (SSSR count). The molecule has 1 aliphatic heterocycles. The summed E-state index contributed by atoms with van der Waals surface area (Å²) in [7, 11) is 0. The summed E-state index contributed by atoms with van der Waals surface area (Å²) in [5.74, 6) is 0. The molecule has 90 valence electrons. The molecule has 2 nitrogen and oxygen atoms in total. The molecular weight excluding hydrogens is 252 g/mol. The first-order valence-corrected chi connectivity index (χ1v) is 7.08. The first kappa shape index (κ1) is 11.5. The fourth-order valence-corrected chi connectivity index (χ4v) is 3.82. The quantitative estimate of drug-likeness (QED) is 0.829. The SMILES string of the molecule is Cc1c(C2CNCCN2)sc2ccc(Cl)cc12. The van der Waals surface area contributed by atoms with E-state index in [9.17, 15) is 0 Å². The maximum Gasteiger partial charge on any atom is 0.0545 e. The Morgan fingerprint density at radius 3 is 3.00 bits per heavy atom. The molecule has 1 saturated heterocycles. The van der Waals surface area contributed by atoms with Gasteiger partial charge in [0.15, 0.2) is 0 Å². The van der Waals surface area contributed by atoms with Gasteiger partial charge in [-0.15, -0.1) is 11.3 Å². The second kappa shape index (κ2) is 4.58. The minimum Gasteiger partial charge on any atom is -0.314 e. The molecule has 0 amide bonds. The molecule has 1 fully saturated rings. The number of hydrogen-bond acceptors (Lipinski definition) is 3. The van der Waals surface area contributed by atoms with Gasteiger partial charge in [-0.1, -0.05) is 11.6 Å². The Morgan fingerprint density at radius 2 is 2.24 bits per heavy atom. The summed E-state index contributed by atoms with van der Waals surface area (Å²) in [6.07, 6.45) is 0. The minimum absolute atomic E-state index is 0.444. The molecule has 17 heavy (non-hydrogen) atoms. The van der Waals surface area contributed by atoms with Crippen molar-refractivity contribution >= 4 is 33.0 Å². The molecule has 2 heterocycles. The lowest BCUT2D eigenvalue weighted by Gasteiger charge is -2.24. The smallest absolute Gasteiger partial charge is 0.0545 e. The summed E-state index contributed by atoms with van der Waals surface area (Å²) in [4.78, 5) is 1.44. The van der Waals surface area contributed by atoms with Crippen LogP contribution < -0.4 is 10.6 Å². The normalized spacial score (nSPS) is 20.9. The van der Waals surface area contributed by atoms with Crippen LogP contribution in [0.2, 0.25) is 5.02 Å². The predicted molar refractivity (Wildman–Crippen MR) is 75.2 cm³/mol. The number of fused-ring (bicyclic) bond motifs is 1. The molecule has 1 aromatic carbocycles. The number of halogens is 1. The Balaban J connectivity index is 2.07. The largest absolute Gasteiger partial charge is 0.314 e. The minimum atomic E-state index is 0.444. The van der Waals surface area contributed by atoms with E-state index in [1.54, 1.807) is 0 Å². The molecule has 0 spiro atoms. The summed E-state index contributed by atoms with van der Waals surface area (Å²) >= 11 is 7.94. The average molecular weight is 267 g/mol. The van der Waals surface area contributed by atoms with Crippen LogP contribution in [0.1, 0.15) is 16.5 Å². The number of thiophene rings is 1. The lowest BCUT2D eigenvalue weighted by molar-refractivity contribution is 0.434. The zero-order valence-corrected chi connectivity index (χ0v) is 11.3. The van der Waals surface area contributed by atoms with Crippen LogP contribution in [-0.4, -0.2) is 19.6 Å². The summed E-state index contributed by atoms with van der Waals surface area (Å²) in [5.41, 5.74) is 1.37. The predicted octanol–water partition coefficient (Wildman–Crippen LogP) is 3.10. The second-order valence-corrected chi connectivity index (χ2v) is 5.96. The van der Waals surface area contributed by atoms with Gasteiger partial charge >= 0.3 is 0 Å². The molecule has 2 N–H and O–H groups in total. The van der Waals surface area contributed by atoms with Gasteiger partial charge in [0.25, 0.3) is 0 Å². The average Bonchev–Trinajstić information content (AvgIpc) is 2.68. The number of hydrogen-bond donors (Lipinski definition) is 2. The van der Waals surface area contributed by atoms with Crippen molar-refractivity contribution in [1.29, 1.82) is 0 Å². The molecule has 0 saturated carbocycles. The van der Waals surface area contributed by atoms with Crippen LogP contribution in [0.5, 0.6) is 0 Å². The lowest BCUT2D eigenvalue weighted by atomic mass is 10.1. The van der Waals surface area contributed by atoms with Gasteiger partial charge < -0.3 is 10.6 Å². The molecular formula is C13H15ClN2S. The zero-order chi connectivity index (χ0) is 11.8. The van der Waals surface area contributed by atoms with Crippen molar-refractivity contribution in [3.63, 3.8) is 0 Å². The molecule has 2 aromatic rings. The highest BCUT2D eigenvalue weighted by Gasteiger charge is 2.19. The number of rotatable bonds is 1. The third-order valence-corrected chi connectivity index (χ3v) is 4.91. The fraction of sp³-hybridized carbons (Fsp3) is 0.385. The van der Waals surface area contributed by atoms with Crippen molar-refractivity contribution in [2.75, 3.05) is 19.6 Å². The van der Waals surface area contributed by atoms with E-state index in [2.05, 4.69) is 29.7 Å². The van der Waals surface area contributed by atoms with E-state index in [0.29, 0.717) is 6.04 Å². The lowest BCUT2D eigenvalue weighted by Crippen LogP contribution is -2.42. The van der Waals surface area contributed by atoms with E-state index in [1.807, 2.05) is 17.4 Å². The van der Waals surface area contributed by atoms with Crippen molar-refractivity contribution in [2.45, 2.75) is 13.0 Å². The molecule has 1 aliphatic rings. The standard InChI is InChI=1S/C13H15ClN2S/c1-8-10-6-9(14)2-3-12(10)17-13(8)11-7-15-4-5-16-11/h2-3,6,11,15-16H,4-5,7H2,1H3. The Labute approximate surface area is 110 Å². The molecule has 1 atom stereocenters. The van der Waals surface area contributed by atoms with E-state index >= 15 is 0 Å². The van der Waals surface area contributed by atoms with Crippen LogP contribution in [0.25, 0.3) is 10.1 Å². The van der Waals surface area contributed by atoms with Crippen molar-refractivity contribution in [1.82, 2.24) is 10.6 Å². The van der Waals surface area contributed by atoms with Gasteiger partial charge in [-0.25, -0.2) is 0 Å². The Hall–Kier alpha value is -0.610. The number of piperazine rings is 1. The van der Waals surface area contributed by atoms with E-state index in [4.69, 9.17) is 11.6 Å². The first-order valence-electron chi connectivity index (χ1n) is 5.88. The number of nitrogens with one attached hydrogen (secondary N) is 2. The van der Waals surface area contributed by atoms with Crippen LogP contribution in [0, 0.1) is 6.92 Å². The Kier molecular flexibility index (Phi) is 3.09. The first-order chi connectivity index (χ1) is 8.25. The Bertz CT molecular complexity index is 544. The topological polar surface area (TPSA) is 24.1 Å². The van der Waals surface area contributed by atoms with Crippen molar-refractivity contribution in [3.8, 4) is 0 Å². The number of aryl methyl sites for hydroxylation is 1. The van der Waals surface area contributed by atoms with Crippen molar-refractivity contribution in [3.05, 3.63) is 33.7 Å². The van der Waals surface area contributed by atoms with Crippen molar-refractivity contribution < 1.29 is 0 Å². The molecule has 0 bridgehead atoms. The third kappa shape index (κ3) is 2.08. The molecule has 0 radical (unpaired) electrons. The second-order valence-electron chi connectivity index (χ2n) is 4.44. The summed E-state index contributed by atoms with van der Waals surface area (Å²) in [6, 6.07) is 6.60. The molecule has 4 heteroatoms. The zero-order valence-electron chi connectivity index (χ0n) is 9.72. The summed E-state index contributed by atoms with van der Waals surface area (Å²) in [5, 5.41) is 9.12. The Morgan fingerprint density at radius 1 is 1.35 bits per heavy atom. The third-order valence-electron chi connectivity index (χ3n) is 3.29. The van der Waals surface area contributed by atoms with Crippen LogP contribution in [0.15, 0.2) is 18.2 Å². The highest BCUT2D eigenvalue weighted by atomic mass is 35.5. The van der Waals surface area contributed by atoms with Crippen molar-refractivity contribution in [2.24, 2.45) is 0 Å². The van der Waals surface area contributed by atoms with Gasteiger partial charge in [-0.05, 0) is 36.1 Å². The fourth-order valence-electron chi connectivity index (χ4n) is 2.38. The molecule has 0 aliphatic carbocycles. The van der Waals surface area contributed by atoms with Gasteiger partial charge in [0, 0.05) is 34.2 Å². The van der Waals surface area contributed by atoms with E-state index in [1.165, 1.54) is 20.5 Å². The maximum atomic E-state index is 6.06. The van der Waals surface area contributed by atoms with Gasteiger partial charge in [-0.3, -0.25) is 0 Å². The van der Waals surface area contributed by atoms with Crippen LogP contribution >= 0.6 is 22.9 Å². The van der Waals surface area contributed by atoms with Crippen LogP contribution in [-0.2, 0) is 0 Å². The highest BCUT2D eigenvalue weighted by Crippen LogP contribution is 2.36. The monoisotopic (exact) mass is 266 g/mol. The van der Waals surface area contributed by atoms with Gasteiger partial charge in [0.1, 0.15) is 0 Å². The molecule has 1 unspecified atom stereocenters.